The molecular weight excluding hydrogens is 291 g/mol. The molecule has 0 saturated carbocycles. The van der Waals surface area contributed by atoms with Crippen LogP contribution >= 0.6 is 23.2 Å². The summed E-state index contributed by atoms with van der Waals surface area (Å²) < 4.78 is 0. The maximum absolute atomic E-state index is 11.9. The van der Waals surface area contributed by atoms with Gasteiger partial charge in [-0.15, -0.1) is 0 Å². The Morgan fingerprint density at radius 2 is 1.95 bits per heavy atom. The van der Waals surface area contributed by atoms with Crippen LogP contribution in [-0.2, 0) is 0 Å². The summed E-state index contributed by atoms with van der Waals surface area (Å²) in [5.74, 6) is -0.639. The van der Waals surface area contributed by atoms with Crippen molar-refractivity contribution in [1.29, 1.82) is 0 Å². The Bertz CT molecular complexity index is 679. The fraction of sp³-hybridized carbons (Fsp3) is 0.0909. The van der Waals surface area contributed by atoms with E-state index in [1.165, 1.54) is 18.6 Å². The van der Waals surface area contributed by atoms with E-state index in [1.807, 2.05) is 0 Å². The number of rotatable bonds is 2. The second kappa shape index (κ2) is 5.38. The molecule has 0 fully saturated rings. The van der Waals surface area contributed by atoms with Gasteiger partial charge in [0.05, 0.1) is 0 Å². The van der Waals surface area contributed by atoms with E-state index >= 15 is 0 Å². The summed E-state index contributed by atoms with van der Waals surface area (Å²) in [6.45, 7) is 1.71. The lowest BCUT2D eigenvalue weighted by atomic mass is 10.2. The fourth-order valence-corrected chi connectivity index (χ4v) is 1.79. The minimum absolute atomic E-state index is 0.00288. The summed E-state index contributed by atoms with van der Waals surface area (Å²) in [5, 5.41) is 2.40. The van der Waals surface area contributed by atoms with Crippen molar-refractivity contribution in [3.05, 3.63) is 50.4 Å². The third kappa shape index (κ3) is 2.91. The van der Waals surface area contributed by atoms with Crippen LogP contribution in [0.3, 0.4) is 0 Å². The number of carbonyl (C=O) groups excluding carboxylic acids is 1. The van der Waals surface area contributed by atoms with Gasteiger partial charge in [0.15, 0.2) is 15.7 Å². The average Bonchev–Trinajstić information content (AvgIpc) is 2.33. The van der Waals surface area contributed by atoms with E-state index in [0.717, 1.165) is 0 Å². The highest BCUT2D eigenvalue weighted by Crippen LogP contribution is 2.25. The number of aromatic nitrogens is 3. The summed E-state index contributed by atoms with van der Waals surface area (Å²) in [4.78, 5) is 33.8. The number of anilines is 1. The van der Waals surface area contributed by atoms with Gasteiger partial charge in [-0.1, -0.05) is 23.2 Å². The predicted molar refractivity (Wildman–Crippen MR) is 71.8 cm³/mol. The van der Waals surface area contributed by atoms with Gasteiger partial charge in [0.1, 0.15) is 17.6 Å². The number of carbonyl (C=O) groups is 1. The lowest BCUT2D eigenvalue weighted by Gasteiger charge is -2.07. The van der Waals surface area contributed by atoms with Gasteiger partial charge in [-0.3, -0.25) is 9.59 Å². The molecule has 0 radical (unpaired) electrons. The Morgan fingerprint density at radius 1 is 1.32 bits per heavy atom. The molecule has 2 rings (SSSR count). The van der Waals surface area contributed by atoms with Crippen molar-refractivity contribution in [1.82, 2.24) is 15.0 Å². The van der Waals surface area contributed by atoms with Crippen molar-refractivity contribution in [2.75, 3.05) is 5.32 Å². The largest absolute Gasteiger partial charge is 0.364 e. The van der Waals surface area contributed by atoms with Gasteiger partial charge < -0.3 is 10.3 Å². The quantitative estimate of drug-likeness (QED) is 0.831. The lowest BCUT2D eigenvalue weighted by Crippen LogP contribution is -2.22. The summed E-state index contributed by atoms with van der Waals surface area (Å²) in [6.07, 6.45) is 2.48. The van der Waals surface area contributed by atoms with Gasteiger partial charge >= 0.3 is 0 Å². The Kier molecular flexibility index (Phi) is 3.82. The number of pyridine rings is 1. The number of nitrogens with zero attached hydrogens (tertiary/aromatic N) is 2. The number of aryl methyl sites for hydroxylation is 1. The number of aromatic amines is 1. The summed E-state index contributed by atoms with van der Waals surface area (Å²) in [5.41, 5.74) is 0.260. The van der Waals surface area contributed by atoms with Gasteiger partial charge in [-0.2, -0.15) is 0 Å². The zero-order chi connectivity index (χ0) is 14.0. The van der Waals surface area contributed by atoms with Crippen molar-refractivity contribution in [3.63, 3.8) is 0 Å². The molecule has 0 unspecified atom stereocenters. The van der Waals surface area contributed by atoms with Gasteiger partial charge in [0.2, 0.25) is 0 Å². The second-order valence-electron chi connectivity index (χ2n) is 3.68. The third-order valence-corrected chi connectivity index (χ3v) is 2.87. The van der Waals surface area contributed by atoms with Gasteiger partial charge in [-0.05, 0) is 6.92 Å². The maximum Gasteiger partial charge on any atom is 0.261 e. The fourth-order valence-electron chi connectivity index (χ4n) is 1.38. The van der Waals surface area contributed by atoms with E-state index < -0.39 is 11.3 Å². The van der Waals surface area contributed by atoms with Crippen molar-refractivity contribution < 1.29 is 4.79 Å². The lowest BCUT2D eigenvalue weighted by molar-refractivity contribution is 0.102. The number of nitrogens with one attached hydrogen (secondary N) is 2. The first kappa shape index (κ1) is 13.5. The topological polar surface area (TPSA) is 87.7 Å². The first-order valence-electron chi connectivity index (χ1n) is 5.15. The van der Waals surface area contributed by atoms with E-state index in [0.29, 0.717) is 5.69 Å². The van der Waals surface area contributed by atoms with Gasteiger partial charge in [-0.25, -0.2) is 9.97 Å². The van der Waals surface area contributed by atoms with Crippen LogP contribution in [-0.4, -0.2) is 20.9 Å². The van der Waals surface area contributed by atoms with E-state index in [-0.39, 0.29) is 21.6 Å². The molecule has 2 N–H and O–H groups in total. The molecular formula is C11H8Cl2N4O2. The van der Waals surface area contributed by atoms with Crippen LogP contribution in [0.4, 0.5) is 5.69 Å². The van der Waals surface area contributed by atoms with E-state index in [9.17, 15) is 9.59 Å². The average molecular weight is 299 g/mol. The molecule has 0 saturated heterocycles. The Hall–Kier alpha value is -1.92. The van der Waals surface area contributed by atoms with Crippen molar-refractivity contribution >= 4 is 34.8 Å². The van der Waals surface area contributed by atoms with Crippen molar-refractivity contribution in [2.45, 2.75) is 6.92 Å². The number of amides is 1. The molecule has 1 amide bonds. The Morgan fingerprint density at radius 3 is 2.53 bits per heavy atom. The van der Waals surface area contributed by atoms with Crippen LogP contribution in [0.1, 0.15) is 16.1 Å². The van der Waals surface area contributed by atoms with E-state index in [4.69, 9.17) is 23.2 Å². The number of hydrogen-bond acceptors (Lipinski definition) is 4. The smallest absolute Gasteiger partial charge is 0.261 e. The van der Waals surface area contributed by atoms with Crippen LogP contribution in [0, 0.1) is 6.92 Å². The van der Waals surface area contributed by atoms with Crippen molar-refractivity contribution in [2.24, 2.45) is 0 Å². The van der Waals surface area contributed by atoms with Crippen LogP contribution in [0.5, 0.6) is 0 Å². The summed E-state index contributed by atoms with van der Waals surface area (Å²) in [7, 11) is 0. The minimum atomic E-state index is -0.639. The van der Waals surface area contributed by atoms with Gasteiger partial charge in [0.25, 0.3) is 5.91 Å². The van der Waals surface area contributed by atoms with Crippen molar-refractivity contribution in [3.8, 4) is 0 Å². The highest BCUT2D eigenvalue weighted by Gasteiger charge is 2.15. The van der Waals surface area contributed by atoms with Gasteiger partial charge in [0, 0.05) is 18.0 Å². The number of halogens is 2. The molecule has 0 aliphatic heterocycles. The standard InChI is InChI=1S/C11H8Cl2N4O2/c1-5-2-7(18)6(3-14-5)11(19)17-8-9(12)15-4-16-10(8)13/h2-4H,1H3,(H,14,18)(H,17,19). The first-order valence-corrected chi connectivity index (χ1v) is 5.91. The molecule has 98 valence electrons. The summed E-state index contributed by atoms with van der Waals surface area (Å²) in [6, 6.07) is 1.32. The molecule has 19 heavy (non-hydrogen) atoms. The zero-order valence-electron chi connectivity index (χ0n) is 9.70. The maximum atomic E-state index is 11.9. The third-order valence-electron chi connectivity index (χ3n) is 2.30. The molecule has 6 nitrogen and oxygen atoms in total. The zero-order valence-corrected chi connectivity index (χ0v) is 11.2. The molecule has 2 aromatic heterocycles. The molecule has 0 aromatic carbocycles. The molecule has 0 atom stereocenters. The molecule has 0 aliphatic carbocycles. The van der Waals surface area contributed by atoms with Crippen LogP contribution in [0.15, 0.2) is 23.4 Å². The summed E-state index contributed by atoms with van der Waals surface area (Å²) >= 11 is 11.6. The predicted octanol–water partition coefficient (Wildman–Crippen LogP) is 2.03. The van der Waals surface area contributed by atoms with Crippen LogP contribution in [0.2, 0.25) is 10.3 Å². The normalized spacial score (nSPS) is 10.3. The Balaban J connectivity index is 2.34. The highest BCUT2D eigenvalue weighted by atomic mass is 35.5. The molecule has 0 spiro atoms. The van der Waals surface area contributed by atoms with E-state index in [1.54, 1.807) is 6.92 Å². The SMILES string of the molecule is Cc1cc(=O)c(C(=O)Nc2c(Cl)ncnc2Cl)c[nH]1. The first-order chi connectivity index (χ1) is 8.99. The highest BCUT2D eigenvalue weighted by molar-refractivity contribution is 6.38. The molecule has 0 aliphatic rings. The molecule has 0 bridgehead atoms. The van der Waals surface area contributed by atoms with Crippen LogP contribution in [0.25, 0.3) is 0 Å². The van der Waals surface area contributed by atoms with E-state index in [2.05, 4.69) is 20.3 Å². The molecule has 2 heterocycles. The molecule has 8 heteroatoms. The molecule has 2 aromatic rings. The monoisotopic (exact) mass is 298 g/mol. The Labute approximate surface area is 117 Å². The second-order valence-corrected chi connectivity index (χ2v) is 4.39. The number of hydrogen-bond donors (Lipinski definition) is 2. The minimum Gasteiger partial charge on any atom is -0.364 e. The van der Waals surface area contributed by atoms with Crippen LogP contribution < -0.4 is 10.7 Å². The number of H-pyrrole nitrogens is 1.